The number of para-hydroxylation sites is 1. The van der Waals surface area contributed by atoms with Crippen LogP contribution in [0.2, 0.25) is 0 Å². The molecule has 5 aromatic rings. The summed E-state index contributed by atoms with van der Waals surface area (Å²) in [5.74, 6) is 0.993. The number of anilines is 2. The molecule has 0 saturated carbocycles. The Hall–Kier alpha value is -5.13. The van der Waals surface area contributed by atoms with Crippen LogP contribution in [0.1, 0.15) is 46.4 Å². The summed E-state index contributed by atoms with van der Waals surface area (Å²) in [6.07, 6.45) is -1.25. The monoisotopic (exact) mass is 676 g/mol. The van der Waals surface area contributed by atoms with Crippen LogP contribution in [-0.4, -0.2) is 34.1 Å². The SMILES string of the molecule is C[C@@H]1[C@H](CSc2ccc(C(=O)O)cc2)O[C@H](c2cccc(NC(=O)Nc3ccc(Oc4ccccc4)cc3)c2)O[C@@H]1c1ccc(CO)cc1. The predicted octanol–water partition coefficient (Wildman–Crippen LogP) is 8.90. The third kappa shape index (κ3) is 8.87. The molecule has 0 unspecified atom stereocenters. The molecule has 1 heterocycles. The van der Waals surface area contributed by atoms with Gasteiger partial charge in [0.1, 0.15) is 11.5 Å². The minimum atomic E-state index is -0.965. The van der Waals surface area contributed by atoms with E-state index < -0.39 is 18.3 Å². The first-order valence-corrected chi connectivity index (χ1v) is 16.8. The van der Waals surface area contributed by atoms with Gasteiger partial charge in [-0.05, 0) is 83.9 Å². The minimum Gasteiger partial charge on any atom is -0.478 e. The summed E-state index contributed by atoms with van der Waals surface area (Å²) in [7, 11) is 0. The fourth-order valence-electron chi connectivity index (χ4n) is 5.47. The van der Waals surface area contributed by atoms with Crippen molar-refractivity contribution >= 4 is 35.1 Å². The van der Waals surface area contributed by atoms with Gasteiger partial charge in [0.25, 0.3) is 0 Å². The Morgan fingerprint density at radius 2 is 1.45 bits per heavy atom. The number of carbonyl (C=O) groups excluding carboxylic acids is 1. The third-order valence-corrected chi connectivity index (χ3v) is 9.25. The Morgan fingerprint density at radius 1 is 0.755 bits per heavy atom. The van der Waals surface area contributed by atoms with E-state index in [9.17, 15) is 19.8 Å². The van der Waals surface area contributed by atoms with Crippen LogP contribution >= 0.6 is 11.8 Å². The van der Waals surface area contributed by atoms with Gasteiger partial charge < -0.3 is 35.1 Å². The Morgan fingerprint density at radius 3 is 2.14 bits per heavy atom. The predicted molar refractivity (Wildman–Crippen MR) is 189 cm³/mol. The molecule has 1 aliphatic rings. The van der Waals surface area contributed by atoms with Gasteiger partial charge in [-0.2, -0.15) is 0 Å². The summed E-state index contributed by atoms with van der Waals surface area (Å²) in [6.45, 7) is 2.04. The van der Waals surface area contributed by atoms with Crippen molar-refractivity contribution in [2.45, 2.75) is 36.9 Å². The van der Waals surface area contributed by atoms with E-state index in [1.54, 1.807) is 66.4 Å². The molecule has 0 aliphatic carbocycles. The molecular formula is C39H36N2O7S. The number of ether oxygens (including phenoxy) is 3. The number of urea groups is 1. The number of amides is 2. The van der Waals surface area contributed by atoms with Crippen molar-refractivity contribution in [3.8, 4) is 11.5 Å². The van der Waals surface area contributed by atoms with Crippen molar-refractivity contribution in [1.29, 1.82) is 0 Å². The number of nitrogens with one attached hydrogen (secondary N) is 2. The van der Waals surface area contributed by atoms with E-state index in [0.717, 1.165) is 27.3 Å². The van der Waals surface area contributed by atoms with Crippen molar-refractivity contribution in [2.24, 2.45) is 5.92 Å². The lowest BCUT2D eigenvalue weighted by molar-refractivity contribution is -0.268. The quantitative estimate of drug-likeness (QED) is 0.102. The van der Waals surface area contributed by atoms with Crippen LogP contribution in [0.3, 0.4) is 0 Å². The number of carboxylic acid groups (broad SMARTS) is 1. The number of aromatic carboxylic acids is 1. The first-order chi connectivity index (χ1) is 23.8. The highest BCUT2D eigenvalue weighted by molar-refractivity contribution is 7.99. The number of benzene rings is 5. The van der Waals surface area contributed by atoms with Gasteiger partial charge in [-0.15, -0.1) is 11.8 Å². The second-order valence-electron chi connectivity index (χ2n) is 11.6. The van der Waals surface area contributed by atoms with Crippen molar-refractivity contribution in [3.05, 3.63) is 150 Å². The highest BCUT2D eigenvalue weighted by Gasteiger charge is 2.38. The standard InChI is InChI=1S/C39H36N2O7S/c1-25-35(24-49-34-20-14-28(15-21-34)37(43)44)47-38(48-36(25)27-12-10-26(23-42)11-13-27)29-6-5-7-31(22-29)41-39(45)40-30-16-18-33(19-17-30)46-32-8-3-2-4-9-32/h2-22,25,35-36,38,42H,23-24H2,1H3,(H,43,44)(H2,40,41,45)/t25-,35+,36+,38+/m1/s1. The molecule has 0 bridgehead atoms. The lowest BCUT2D eigenvalue weighted by atomic mass is 9.91. The van der Waals surface area contributed by atoms with E-state index in [1.165, 1.54) is 0 Å². The molecule has 49 heavy (non-hydrogen) atoms. The third-order valence-electron chi connectivity index (χ3n) is 8.15. The van der Waals surface area contributed by atoms with Crippen LogP contribution in [-0.2, 0) is 16.1 Å². The van der Waals surface area contributed by atoms with E-state index in [4.69, 9.17) is 14.2 Å². The van der Waals surface area contributed by atoms with E-state index in [2.05, 4.69) is 17.6 Å². The number of aliphatic hydroxyl groups excluding tert-OH is 1. The first kappa shape index (κ1) is 33.8. The molecule has 1 fully saturated rings. The van der Waals surface area contributed by atoms with Crippen molar-refractivity contribution < 1.29 is 34.0 Å². The van der Waals surface area contributed by atoms with Crippen LogP contribution < -0.4 is 15.4 Å². The van der Waals surface area contributed by atoms with Gasteiger partial charge in [0.15, 0.2) is 6.29 Å². The molecule has 5 aromatic carbocycles. The van der Waals surface area contributed by atoms with E-state index in [-0.39, 0.29) is 30.3 Å². The number of aliphatic hydroxyl groups is 1. The van der Waals surface area contributed by atoms with Crippen LogP contribution in [0, 0.1) is 5.92 Å². The summed E-state index contributed by atoms with van der Waals surface area (Å²) in [5.41, 5.74) is 3.93. The number of carbonyl (C=O) groups is 2. The normalized spacial score (nSPS) is 18.7. The van der Waals surface area contributed by atoms with Gasteiger partial charge in [-0.1, -0.05) is 61.5 Å². The molecule has 6 rings (SSSR count). The Kier molecular flexibility index (Phi) is 10.9. The molecule has 0 spiro atoms. The van der Waals surface area contributed by atoms with Gasteiger partial charge >= 0.3 is 12.0 Å². The summed E-state index contributed by atoms with van der Waals surface area (Å²) < 4.78 is 19.0. The topological polar surface area (TPSA) is 126 Å². The first-order valence-electron chi connectivity index (χ1n) is 15.8. The van der Waals surface area contributed by atoms with Gasteiger partial charge in [0, 0.05) is 33.5 Å². The second-order valence-corrected chi connectivity index (χ2v) is 12.7. The van der Waals surface area contributed by atoms with Crippen molar-refractivity contribution in [3.63, 3.8) is 0 Å². The Labute approximate surface area is 288 Å². The summed E-state index contributed by atoms with van der Waals surface area (Å²) >= 11 is 1.59. The van der Waals surface area contributed by atoms with E-state index in [0.29, 0.717) is 22.9 Å². The lowest BCUT2D eigenvalue weighted by Gasteiger charge is -2.41. The average molecular weight is 677 g/mol. The summed E-state index contributed by atoms with van der Waals surface area (Å²) in [4.78, 5) is 25.2. The van der Waals surface area contributed by atoms with E-state index in [1.807, 2.05) is 72.8 Å². The van der Waals surface area contributed by atoms with Crippen LogP contribution in [0.4, 0.5) is 16.2 Å². The van der Waals surface area contributed by atoms with Crippen LogP contribution in [0.25, 0.3) is 0 Å². The number of carboxylic acids is 1. The van der Waals surface area contributed by atoms with Gasteiger partial charge in [-0.3, -0.25) is 0 Å². The molecule has 1 aliphatic heterocycles. The Bertz CT molecular complexity index is 1850. The molecule has 4 atom stereocenters. The fourth-order valence-corrected chi connectivity index (χ4v) is 6.54. The summed E-state index contributed by atoms with van der Waals surface area (Å²) in [6, 6.07) is 38.0. The van der Waals surface area contributed by atoms with Gasteiger partial charge in [-0.25, -0.2) is 9.59 Å². The molecule has 10 heteroatoms. The zero-order valence-electron chi connectivity index (χ0n) is 26.7. The highest BCUT2D eigenvalue weighted by Crippen LogP contribution is 2.43. The molecule has 250 valence electrons. The molecule has 1 saturated heterocycles. The molecule has 0 radical (unpaired) electrons. The fraction of sp³-hybridized carbons (Fsp3) is 0.179. The van der Waals surface area contributed by atoms with E-state index >= 15 is 0 Å². The van der Waals surface area contributed by atoms with Crippen LogP contribution in [0.5, 0.6) is 11.5 Å². The molecule has 9 nitrogen and oxygen atoms in total. The lowest BCUT2D eigenvalue weighted by Crippen LogP contribution is -2.38. The highest BCUT2D eigenvalue weighted by atomic mass is 32.2. The molecule has 4 N–H and O–H groups in total. The second kappa shape index (κ2) is 15.8. The smallest absolute Gasteiger partial charge is 0.335 e. The summed E-state index contributed by atoms with van der Waals surface area (Å²) in [5, 5.41) is 24.6. The van der Waals surface area contributed by atoms with Crippen molar-refractivity contribution in [2.75, 3.05) is 16.4 Å². The maximum atomic E-state index is 12.9. The zero-order valence-corrected chi connectivity index (χ0v) is 27.5. The van der Waals surface area contributed by atoms with Crippen LogP contribution in [0.15, 0.2) is 132 Å². The zero-order chi connectivity index (χ0) is 34.2. The van der Waals surface area contributed by atoms with Gasteiger partial charge in [0.2, 0.25) is 0 Å². The average Bonchev–Trinajstić information content (AvgIpc) is 3.13. The largest absolute Gasteiger partial charge is 0.478 e. The van der Waals surface area contributed by atoms with Gasteiger partial charge in [0.05, 0.1) is 24.4 Å². The number of rotatable bonds is 11. The maximum Gasteiger partial charge on any atom is 0.335 e. The maximum absolute atomic E-state index is 12.9. The van der Waals surface area contributed by atoms with Crippen molar-refractivity contribution in [1.82, 2.24) is 0 Å². The minimum absolute atomic E-state index is 0.0291. The Balaban J connectivity index is 1.14. The number of thioether (sulfide) groups is 1. The number of hydrogen-bond donors (Lipinski definition) is 4. The molecule has 0 aromatic heterocycles. The molecule has 2 amide bonds. The molecular weight excluding hydrogens is 641 g/mol. The number of hydrogen-bond acceptors (Lipinski definition) is 7.